The van der Waals surface area contributed by atoms with Gasteiger partial charge in [0.1, 0.15) is 5.75 Å². The average Bonchev–Trinajstić information content (AvgIpc) is 2.53. The van der Waals surface area contributed by atoms with Crippen LogP contribution in [0.3, 0.4) is 0 Å². The summed E-state index contributed by atoms with van der Waals surface area (Å²) in [5.74, 6) is 0.613. The summed E-state index contributed by atoms with van der Waals surface area (Å²) in [5.41, 5.74) is 1.33. The molecule has 3 atom stereocenters. The van der Waals surface area contributed by atoms with E-state index in [0.717, 1.165) is 25.7 Å². The Hall–Kier alpha value is -1.55. The second-order valence-corrected chi connectivity index (χ2v) is 7.90. The fraction of sp³-hybridized carbons (Fsp3) is 0.650. The number of amides is 1. The van der Waals surface area contributed by atoms with E-state index in [4.69, 9.17) is 4.74 Å². The molecule has 1 aromatic rings. The van der Waals surface area contributed by atoms with Crippen molar-refractivity contribution in [3.8, 4) is 5.75 Å². The molecule has 0 heterocycles. The van der Waals surface area contributed by atoms with Crippen molar-refractivity contribution < 1.29 is 14.6 Å². The van der Waals surface area contributed by atoms with Crippen molar-refractivity contribution in [2.45, 2.75) is 77.0 Å². The monoisotopic (exact) mass is 333 g/mol. The molecule has 1 aromatic carbocycles. The van der Waals surface area contributed by atoms with Gasteiger partial charge in [0.15, 0.2) is 6.10 Å². The molecule has 134 valence electrons. The van der Waals surface area contributed by atoms with Gasteiger partial charge in [0, 0.05) is 7.05 Å². The van der Waals surface area contributed by atoms with Crippen molar-refractivity contribution in [1.82, 2.24) is 4.90 Å². The van der Waals surface area contributed by atoms with Crippen LogP contribution in [0.4, 0.5) is 0 Å². The Morgan fingerprint density at radius 3 is 2.33 bits per heavy atom. The molecule has 3 unspecified atom stereocenters. The molecule has 1 fully saturated rings. The molecular formula is C20H31NO3. The lowest BCUT2D eigenvalue weighted by Gasteiger charge is -2.36. The van der Waals surface area contributed by atoms with E-state index in [1.165, 1.54) is 5.56 Å². The number of hydrogen-bond donors (Lipinski definition) is 1. The first-order valence-corrected chi connectivity index (χ1v) is 8.92. The first-order valence-electron chi connectivity index (χ1n) is 8.92. The van der Waals surface area contributed by atoms with E-state index in [0.29, 0.717) is 5.75 Å². The second kappa shape index (κ2) is 7.56. The fourth-order valence-electron chi connectivity index (χ4n) is 3.28. The summed E-state index contributed by atoms with van der Waals surface area (Å²) in [5, 5.41) is 10.1. The van der Waals surface area contributed by atoms with E-state index in [1.54, 1.807) is 18.9 Å². The van der Waals surface area contributed by atoms with Gasteiger partial charge in [-0.1, -0.05) is 45.7 Å². The third kappa shape index (κ3) is 4.50. The Morgan fingerprint density at radius 2 is 1.79 bits per heavy atom. The average molecular weight is 333 g/mol. The molecule has 1 saturated carbocycles. The first-order chi connectivity index (χ1) is 11.2. The SMILES string of the molecule is CC(Oc1ccc(C(C)(C)C)cc1)C(=O)N(C)C1CCCCC1O. The van der Waals surface area contributed by atoms with Crippen LogP contribution in [0.15, 0.2) is 24.3 Å². The van der Waals surface area contributed by atoms with Crippen LogP contribution in [0.1, 0.15) is 58.9 Å². The van der Waals surface area contributed by atoms with Gasteiger partial charge in [-0.15, -0.1) is 0 Å². The predicted molar refractivity (Wildman–Crippen MR) is 96.3 cm³/mol. The second-order valence-electron chi connectivity index (χ2n) is 7.90. The number of aliphatic hydroxyl groups excluding tert-OH is 1. The molecule has 0 radical (unpaired) electrons. The first kappa shape index (κ1) is 18.8. The number of nitrogens with zero attached hydrogens (tertiary/aromatic N) is 1. The van der Waals surface area contributed by atoms with E-state index in [1.807, 2.05) is 24.3 Å². The van der Waals surface area contributed by atoms with E-state index in [9.17, 15) is 9.90 Å². The molecule has 1 N–H and O–H groups in total. The number of likely N-dealkylation sites (N-methyl/N-ethyl adjacent to an activating group) is 1. The molecule has 1 aliphatic carbocycles. The molecule has 0 aromatic heterocycles. The Balaban J connectivity index is 1.98. The lowest BCUT2D eigenvalue weighted by molar-refractivity contribution is -0.142. The van der Waals surface area contributed by atoms with Crippen LogP contribution in [0.2, 0.25) is 0 Å². The zero-order valence-corrected chi connectivity index (χ0v) is 15.6. The quantitative estimate of drug-likeness (QED) is 0.917. The van der Waals surface area contributed by atoms with Crippen LogP contribution in [-0.4, -0.2) is 41.2 Å². The normalized spacial score (nSPS) is 22.8. The highest BCUT2D eigenvalue weighted by Gasteiger charge is 2.32. The number of carbonyl (C=O) groups excluding carboxylic acids is 1. The number of hydrogen-bond acceptors (Lipinski definition) is 3. The summed E-state index contributed by atoms with van der Waals surface area (Å²) in [6.45, 7) is 8.27. The van der Waals surface area contributed by atoms with E-state index in [-0.39, 0.29) is 17.4 Å². The van der Waals surface area contributed by atoms with E-state index < -0.39 is 12.2 Å². The Bertz CT molecular complexity index is 547. The molecule has 4 heteroatoms. The standard InChI is InChI=1S/C20H31NO3/c1-14(19(23)21(5)17-8-6-7-9-18(17)22)24-16-12-10-15(11-13-16)20(2,3)4/h10-14,17-18,22H,6-9H2,1-5H3. The number of rotatable bonds is 4. The van der Waals surface area contributed by atoms with Crippen LogP contribution in [-0.2, 0) is 10.2 Å². The van der Waals surface area contributed by atoms with Crippen LogP contribution < -0.4 is 4.74 Å². The highest BCUT2D eigenvalue weighted by molar-refractivity contribution is 5.81. The number of benzene rings is 1. The van der Waals surface area contributed by atoms with Crippen LogP contribution in [0.5, 0.6) is 5.75 Å². The summed E-state index contributed by atoms with van der Waals surface area (Å²) in [4.78, 5) is 14.3. The summed E-state index contributed by atoms with van der Waals surface area (Å²) >= 11 is 0. The molecule has 1 aliphatic rings. The molecule has 24 heavy (non-hydrogen) atoms. The van der Waals surface area contributed by atoms with E-state index in [2.05, 4.69) is 20.8 Å². The van der Waals surface area contributed by atoms with E-state index >= 15 is 0 Å². The minimum atomic E-state index is -0.565. The lowest BCUT2D eigenvalue weighted by atomic mass is 9.87. The highest BCUT2D eigenvalue weighted by Crippen LogP contribution is 2.26. The Labute approximate surface area is 145 Å². The molecular weight excluding hydrogens is 302 g/mol. The summed E-state index contributed by atoms with van der Waals surface area (Å²) in [6, 6.07) is 7.82. The Kier molecular flexibility index (Phi) is 5.92. The smallest absolute Gasteiger partial charge is 0.263 e. The Morgan fingerprint density at radius 1 is 1.21 bits per heavy atom. The van der Waals surface area contributed by atoms with Gasteiger partial charge in [0.2, 0.25) is 0 Å². The van der Waals surface area contributed by atoms with Crippen molar-refractivity contribution in [3.05, 3.63) is 29.8 Å². The van der Waals surface area contributed by atoms with Gasteiger partial charge >= 0.3 is 0 Å². The van der Waals surface area contributed by atoms with Gasteiger partial charge in [-0.3, -0.25) is 4.79 Å². The third-order valence-corrected chi connectivity index (χ3v) is 4.92. The molecule has 4 nitrogen and oxygen atoms in total. The fourth-order valence-corrected chi connectivity index (χ4v) is 3.28. The van der Waals surface area contributed by atoms with Gasteiger partial charge in [0.25, 0.3) is 5.91 Å². The maximum Gasteiger partial charge on any atom is 0.263 e. The van der Waals surface area contributed by atoms with Crippen LogP contribution in [0, 0.1) is 0 Å². The van der Waals surface area contributed by atoms with Crippen molar-refractivity contribution in [1.29, 1.82) is 0 Å². The van der Waals surface area contributed by atoms with Crippen molar-refractivity contribution in [3.63, 3.8) is 0 Å². The number of aliphatic hydroxyl groups is 1. The lowest BCUT2D eigenvalue weighted by Crippen LogP contribution is -2.50. The molecule has 1 amide bonds. The molecule has 0 saturated heterocycles. The zero-order valence-electron chi connectivity index (χ0n) is 15.6. The van der Waals surface area contributed by atoms with Crippen LogP contribution >= 0.6 is 0 Å². The summed E-state index contributed by atoms with van der Waals surface area (Å²) in [6.07, 6.45) is 2.73. The molecule has 2 rings (SSSR count). The molecule has 0 aliphatic heterocycles. The van der Waals surface area contributed by atoms with Gasteiger partial charge in [0.05, 0.1) is 12.1 Å². The van der Waals surface area contributed by atoms with Crippen molar-refractivity contribution >= 4 is 5.91 Å². The van der Waals surface area contributed by atoms with Gasteiger partial charge < -0.3 is 14.7 Å². The van der Waals surface area contributed by atoms with Crippen LogP contribution in [0.25, 0.3) is 0 Å². The topological polar surface area (TPSA) is 49.8 Å². The van der Waals surface area contributed by atoms with Crippen molar-refractivity contribution in [2.75, 3.05) is 7.05 Å². The largest absolute Gasteiger partial charge is 0.481 e. The molecule has 0 spiro atoms. The molecule has 0 bridgehead atoms. The zero-order chi connectivity index (χ0) is 17.9. The third-order valence-electron chi connectivity index (χ3n) is 4.92. The number of carbonyl (C=O) groups is 1. The van der Waals surface area contributed by atoms with Gasteiger partial charge in [-0.25, -0.2) is 0 Å². The highest BCUT2D eigenvalue weighted by atomic mass is 16.5. The van der Waals surface area contributed by atoms with Gasteiger partial charge in [-0.2, -0.15) is 0 Å². The number of ether oxygens (including phenoxy) is 1. The minimum absolute atomic E-state index is 0.0825. The maximum atomic E-state index is 12.6. The minimum Gasteiger partial charge on any atom is -0.481 e. The summed E-state index contributed by atoms with van der Waals surface area (Å²) in [7, 11) is 1.77. The van der Waals surface area contributed by atoms with Gasteiger partial charge in [-0.05, 0) is 42.9 Å². The van der Waals surface area contributed by atoms with Crippen molar-refractivity contribution in [2.24, 2.45) is 0 Å². The predicted octanol–water partition coefficient (Wildman–Crippen LogP) is 3.51. The summed E-state index contributed by atoms with van der Waals surface area (Å²) < 4.78 is 5.82. The maximum absolute atomic E-state index is 12.6.